The number of hydrogen-bond acceptors (Lipinski definition) is 7. The molecule has 4 aliphatic rings. The predicted octanol–water partition coefficient (Wildman–Crippen LogP) is -3.74. The quantitative estimate of drug-likeness (QED) is 0.405. The van der Waals surface area contributed by atoms with Crippen molar-refractivity contribution in [3.05, 3.63) is 77.4 Å². The Kier molecular flexibility index (Phi) is 8.59. The van der Waals surface area contributed by atoms with Crippen LogP contribution in [-0.2, 0) is 16.8 Å². The molecule has 1 aromatic heterocycles. The zero-order chi connectivity index (χ0) is 20.8. The van der Waals surface area contributed by atoms with Crippen molar-refractivity contribution < 1.29 is 41.6 Å². The van der Waals surface area contributed by atoms with Crippen LogP contribution in [0.5, 0.6) is 0 Å². The van der Waals surface area contributed by atoms with Crippen LogP contribution in [0.4, 0.5) is 0 Å². The Morgan fingerprint density at radius 1 is 0.697 bits per heavy atom. The van der Waals surface area contributed by atoms with Gasteiger partial charge in [-0.05, 0) is 36.4 Å². The zero-order valence-corrected chi connectivity index (χ0v) is 21.1. The van der Waals surface area contributed by atoms with E-state index in [0.29, 0.717) is 11.7 Å². The molecule has 0 fully saturated rings. The Morgan fingerprint density at radius 3 is 1.52 bits per heavy atom. The monoisotopic (exact) mass is 526 g/mol. The van der Waals surface area contributed by atoms with Gasteiger partial charge in [-0.15, -0.1) is 0 Å². The van der Waals surface area contributed by atoms with Gasteiger partial charge in [-0.2, -0.15) is 0 Å². The maximum absolute atomic E-state index is 4.77. The first-order chi connectivity index (χ1) is 14.5. The van der Waals surface area contributed by atoms with Gasteiger partial charge < -0.3 is 34.6 Å². The molecule has 0 spiro atoms. The molecule has 2 atom stereocenters. The van der Waals surface area contributed by atoms with Crippen molar-refractivity contribution in [2.75, 3.05) is 28.2 Å². The van der Waals surface area contributed by atoms with E-state index in [4.69, 9.17) is 25.0 Å². The fraction of sp³-hybridized carbons (Fsp3) is 0.261. The summed E-state index contributed by atoms with van der Waals surface area (Å²) in [5.74, 6) is 1.30. The first kappa shape index (κ1) is 26.7. The summed E-state index contributed by atoms with van der Waals surface area (Å²) < 4.78 is 0. The minimum Gasteiger partial charge on any atom is -1.00 e. The summed E-state index contributed by atoms with van der Waals surface area (Å²) >= 11 is 0. The Hall–Kier alpha value is -2.52. The molecule has 1 radical (unpaired) electrons. The number of rotatable bonds is 4. The zero-order valence-electron chi connectivity index (χ0n) is 18.6. The number of halogens is 2. The van der Waals surface area contributed by atoms with Crippen LogP contribution in [0.1, 0.15) is 11.4 Å². The summed E-state index contributed by atoms with van der Waals surface area (Å²) in [6, 6.07) is 5.75. The molecule has 3 heterocycles. The van der Waals surface area contributed by atoms with Gasteiger partial charge in [0.05, 0.1) is 11.4 Å². The normalized spacial score (nSPS) is 21.5. The van der Waals surface area contributed by atoms with E-state index in [-0.39, 0.29) is 53.7 Å². The van der Waals surface area contributed by atoms with E-state index >= 15 is 0 Å². The topological polar surface area (TPSA) is 68.8 Å². The average molecular weight is 527 g/mol. The van der Waals surface area contributed by atoms with Crippen LogP contribution < -0.4 is 24.8 Å². The van der Waals surface area contributed by atoms with Crippen molar-refractivity contribution in [2.24, 2.45) is 20.0 Å². The summed E-state index contributed by atoms with van der Waals surface area (Å²) in [5, 5.41) is 0. The Morgan fingerprint density at radius 2 is 1.12 bits per heavy atom. The molecule has 173 valence electrons. The molecule has 33 heavy (non-hydrogen) atoms. The van der Waals surface area contributed by atoms with Gasteiger partial charge in [0.15, 0.2) is 11.7 Å². The Bertz CT molecular complexity index is 1090. The molecule has 5 rings (SSSR count). The third-order valence-electron chi connectivity index (χ3n) is 5.33. The number of aromatic nitrogens is 1. The molecule has 1 aromatic rings. The van der Waals surface area contributed by atoms with Gasteiger partial charge in [0.2, 0.25) is 0 Å². The number of fused-ring (bicyclic) bond motifs is 2. The molecule has 0 amide bonds. The van der Waals surface area contributed by atoms with E-state index in [0.717, 1.165) is 34.2 Å². The molecular weight excluding hydrogens is 504 g/mol. The minimum absolute atomic E-state index is 0. The van der Waals surface area contributed by atoms with Gasteiger partial charge in [0, 0.05) is 39.6 Å². The van der Waals surface area contributed by atoms with E-state index in [1.807, 2.05) is 46.4 Å². The Labute approximate surface area is 216 Å². The van der Waals surface area contributed by atoms with Gasteiger partial charge in [-0.25, -0.2) is 15.0 Å². The second-order valence-electron chi connectivity index (χ2n) is 7.92. The van der Waals surface area contributed by atoms with Crippen LogP contribution in [0.2, 0.25) is 0 Å². The number of likely N-dealkylation sites (N-methyl/N-ethyl adjacent to an activating group) is 2. The van der Waals surface area contributed by atoms with Crippen LogP contribution in [0.25, 0.3) is 0 Å². The molecule has 2 aliphatic carbocycles. The Balaban J connectivity index is 0.00000128. The molecule has 2 unspecified atom stereocenters. The molecule has 2 aliphatic heterocycles. The van der Waals surface area contributed by atoms with Crippen LogP contribution in [0.15, 0.2) is 86.0 Å². The van der Waals surface area contributed by atoms with Crippen molar-refractivity contribution in [1.82, 2.24) is 14.8 Å². The number of aliphatic imine (C=N–C) groups is 4. The van der Waals surface area contributed by atoms with Crippen molar-refractivity contribution in [3.63, 3.8) is 0 Å². The summed E-state index contributed by atoms with van der Waals surface area (Å²) in [4.78, 5) is 27.8. The van der Waals surface area contributed by atoms with E-state index in [2.05, 4.69) is 46.3 Å². The van der Waals surface area contributed by atoms with Crippen LogP contribution in [0.3, 0.4) is 0 Å². The maximum Gasteiger partial charge on any atom is 2.00 e. The van der Waals surface area contributed by atoms with Gasteiger partial charge in [0.1, 0.15) is 23.5 Å². The molecule has 0 N–H and O–H groups in total. The van der Waals surface area contributed by atoms with Crippen molar-refractivity contribution in [2.45, 2.75) is 12.1 Å². The summed E-state index contributed by atoms with van der Waals surface area (Å²) in [6.07, 6.45) is 12.4. The SMILES string of the molecule is CN(C)C1=CC2=NC(c3cccc(C4=NC5C=CC(N(C)C)=CC5=N4)n3)=NC2C=C1.[Cl-].[Cl-].[Co+2]. The first-order valence-corrected chi connectivity index (χ1v) is 9.93. The third-order valence-corrected chi connectivity index (χ3v) is 5.33. The largest absolute Gasteiger partial charge is 2.00 e. The predicted molar refractivity (Wildman–Crippen MR) is 122 cm³/mol. The van der Waals surface area contributed by atoms with Crippen molar-refractivity contribution >= 4 is 23.1 Å². The molecule has 0 bridgehead atoms. The first-order valence-electron chi connectivity index (χ1n) is 9.93. The number of pyridine rings is 1. The molecule has 10 heteroatoms. The van der Waals surface area contributed by atoms with Gasteiger partial charge in [0.25, 0.3) is 0 Å². The second-order valence-corrected chi connectivity index (χ2v) is 7.92. The molecule has 0 saturated carbocycles. The van der Waals surface area contributed by atoms with Gasteiger partial charge in [-0.3, -0.25) is 9.98 Å². The summed E-state index contributed by atoms with van der Waals surface area (Å²) in [5.41, 5.74) is 5.58. The summed E-state index contributed by atoms with van der Waals surface area (Å²) in [6.45, 7) is 0. The number of amidine groups is 2. The van der Waals surface area contributed by atoms with E-state index < -0.39 is 0 Å². The van der Waals surface area contributed by atoms with Crippen LogP contribution >= 0.6 is 0 Å². The van der Waals surface area contributed by atoms with Crippen LogP contribution in [-0.4, -0.2) is 78.2 Å². The summed E-state index contributed by atoms with van der Waals surface area (Å²) in [7, 11) is 8.08. The number of nitrogens with zero attached hydrogens (tertiary/aromatic N) is 7. The number of hydrogen-bond donors (Lipinski definition) is 0. The van der Waals surface area contributed by atoms with Gasteiger partial charge >= 0.3 is 16.8 Å². The van der Waals surface area contributed by atoms with E-state index in [1.54, 1.807) is 0 Å². The standard InChI is InChI=1S/C23H23N7.2ClH.Co/c1-29(2)14-8-10-16-20(12-14)27-22(25-16)18-6-5-7-19(24-18)23-26-17-11-9-15(30(3)4)13-21(17)28-23;;;/h5-13,16-17H,1-4H3;2*1H;/q;;;+2/p-2. The fourth-order valence-electron chi connectivity index (χ4n) is 3.61. The minimum atomic E-state index is -0.0409. The van der Waals surface area contributed by atoms with E-state index in [1.165, 1.54) is 0 Å². The molecule has 7 nitrogen and oxygen atoms in total. The smallest absolute Gasteiger partial charge is 1.00 e. The van der Waals surface area contributed by atoms with Crippen molar-refractivity contribution in [1.29, 1.82) is 0 Å². The molecule has 0 saturated heterocycles. The molecule has 0 aromatic carbocycles. The van der Waals surface area contributed by atoms with Crippen LogP contribution in [0, 0.1) is 0 Å². The fourth-order valence-corrected chi connectivity index (χ4v) is 3.61. The van der Waals surface area contributed by atoms with Crippen molar-refractivity contribution in [3.8, 4) is 0 Å². The maximum atomic E-state index is 4.77. The molecular formula is C23H23Cl2CoN7. The number of allylic oxidation sites excluding steroid dienone is 2. The second kappa shape index (κ2) is 10.6. The average Bonchev–Trinajstić information content (AvgIpc) is 3.36. The third kappa shape index (κ3) is 5.19. The van der Waals surface area contributed by atoms with E-state index in [9.17, 15) is 0 Å². The van der Waals surface area contributed by atoms with Gasteiger partial charge in [-0.1, -0.05) is 18.2 Å².